The highest BCUT2D eigenvalue weighted by Crippen LogP contribution is 2.27. The van der Waals surface area contributed by atoms with E-state index in [1.165, 1.54) is 18.5 Å². The molecule has 0 unspecified atom stereocenters. The van der Waals surface area contributed by atoms with Crippen molar-refractivity contribution in [1.29, 1.82) is 0 Å². The Balaban J connectivity index is 1.36. The number of halogens is 1. The number of nitrogens with one attached hydrogen (secondary N) is 2. The lowest BCUT2D eigenvalue weighted by Crippen LogP contribution is -2.24. The van der Waals surface area contributed by atoms with Crippen molar-refractivity contribution in [2.75, 3.05) is 6.54 Å². The van der Waals surface area contributed by atoms with E-state index in [0.717, 1.165) is 11.1 Å². The molecule has 4 aromatic rings. The van der Waals surface area contributed by atoms with E-state index in [9.17, 15) is 18.8 Å². The molecule has 3 N–H and O–H groups in total. The van der Waals surface area contributed by atoms with Gasteiger partial charge < -0.3 is 20.1 Å². The highest BCUT2D eigenvalue weighted by molar-refractivity contribution is 5.95. The van der Waals surface area contributed by atoms with Crippen molar-refractivity contribution in [2.24, 2.45) is 0 Å². The summed E-state index contributed by atoms with van der Waals surface area (Å²) in [6.07, 6.45) is 3.61. The van der Waals surface area contributed by atoms with E-state index >= 15 is 0 Å². The molecule has 9 heteroatoms. The molecule has 0 spiro atoms. The third-order valence-electron chi connectivity index (χ3n) is 5.94. The number of carboxylic acids is 1. The number of carboxylic acid groups (broad SMARTS) is 1. The molecule has 8 nitrogen and oxygen atoms in total. The molecule has 200 valence electrons. The molecule has 0 fully saturated rings. The molecule has 0 saturated heterocycles. The Morgan fingerprint density at radius 3 is 2.62 bits per heavy atom. The van der Waals surface area contributed by atoms with Gasteiger partial charge in [0.15, 0.2) is 0 Å². The number of carbonyl (C=O) groups is 3. The van der Waals surface area contributed by atoms with Gasteiger partial charge in [0, 0.05) is 50.3 Å². The second-order valence-corrected chi connectivity index (χ2v) is 9.17. The van der Waals surface area contributed by atoms with Crippen LogP contribution in [0.1, 0.15) is 39.9 Å². The van der Waals surface area contributed by atoms with Gasteiger partial charge in [-0.15, -0.1) is 0 Å². The Morgan fingerprint density at radius 2 is 1.85 bits per heavy atom. The zero-order valence-electron chi connectivity index (χ0n) is 21.4. The van der Waals surface area contributed by atoms with Gasteiger partial charge in [0.2, 0.25) is 0 Å². The van der Waals surface area contributed by atoms with Crippen LogP contribution >= 0.6 is 0 Å². The average Bonchev–Trinajstić information content (AvgIpc) is 3.39. The number of benzene rings is 2. The van der Waals surface area contributed by atoms with Crippen molar-refractivity contribution < 1.29 is 28.6 Å². The molecule has 4 rings (SSSR count). The highest BCUT2D eigenvalue weighted by atomic mass is 19.1. The molecule has 2 aromatic heterocycles. The number of hydrogen-bond donors (Lipinski definition) is 3. The smallest absolute Gasteiger partial charge is 0.303 e. The molecule has 0 saturated carbocycles. The normalized spacial score (nSPS) is 10.7. The van der Waals surface area contributed by atoms with Crippen molar-refractivity contribution >= 4 is 17.7 Å². The Labute approximate surface area is 224 Å². The highest BCUT2D eigenvalue weighted by Gasteiger charge is 2.13. The summed E-state index contributed by atoms with van der Waals surface area (Å²) in [6, 6.07) is 17.0. The molecular formula is C30H28FN3O5. The first-order valence-electron chi connectivity index (χ1n) is 12.4. The molecular weight excluding hydrogens is 501 g/mol. The molecule has 2 heterocycles. The molecule has 2 aromatic carbocycles. The molecule has 0 bridgehead atoms. The van der Waals surface area contributed by atoms with Crippen LogP contribution < -0.4 is 10.1 Å². The van der Waals surface area contributed by atoms with Crippen LogP contribution in [0.5, 0.6) is 11.5 Å². The summed E-state index contributed by atoms with van der Waals surface area (Å²) in [5.74, 6) is -1.16. The van der Waals surface area contributed by atoms with Crippen molar-refractivity contribution in [3.05, 3.63) is 101 Å². The number of pyridine rings is 1. The predicted octanol–water partition coefficient (Wildman–Crippen LogP) is 5.27. The zero-order chi connectivity index (χ0) is 27.8. The summed E-state index contributed by atoms with van der Waals surface area (Å²) in [7, 11) is 0. The fourth-order valence-corrected chi connectivity index (χ4v) is 4.03. The molecule has 0 aliphatic carbocycles. The summed E-state index contributed by atoms with van der Waals surface area (Å²) in [5, 5.41) is 11.4. The fourth-order valence-electron chi connectivity index (χ4n) is 4.03. The molecule has 0 radical (unpaired) electrons. The number of nitrogens with zero attached hydrogens (tertiary/aromatic N) is 1. The monoisotopic (exact) mass is 529 g/mol. The number of aryl methyl sites for hydroxylation is 1. The number of Topliss-reactive ketones (excluding diaryl/α,β-unsaturated/α-hetero) is 1. The van der Waals surface area contributed by atoms with Gasteiger partial charge in [-0.1, -0.05) is 35.9 Å². The van der Waals surface area contributed by atoms with Gasteiger partial charge in [0.05, 0.1) is 17.0 Å². The maximum Gasteiger partial charge on any atom is 0.303 e. The largest absolute Gasteiger partial charge is 0.481 e. The minimum Gasteiger partial charge on any atom is -0.481 e. The number of aliphatic carboxylic acids is 1. The van der Waals surface area contributed by atoms with Crippen LogP contribution in [-0.2, 0) is 22.4 Å². The van der Waals surface area contributed by atoms with Crippen molar-refractivity contribution in [2.45, 2.75) is 32.6 Å². The number of aromatic nitrogens is 2. The van der Waals surface area contributed by atoms with Gasteiger partial charge in [0.1, 0.15) is 23.1 Å². The number of ether oxygens (including phenoxy) is 1. The molecule has 1 amide bonds. The van der Waals surface area contributed by atoms with Gasteiger partial charge in [-0.05, 0) is 42.7 Å². The molecule has 0 aliphatic heterocycles. The van der Waals surface area contributed by atoms with Gasteiger partial charge >= 0.3 is 5.97 Å². The van der Waals surface area contributed by atoms with Gasteiger partial charge in [0.25, 0.3) is 5.91 Å². The van der Waals surface area contributed by atoms with Crippen LogP contribution in [0.15, 0.2) is 73.1 Å². The van der Waals surface area contributed by atoms with E-state index in [2.05, 4.69) is 15.3 Å². The van der Waals surface area contributed by atoms with E-state index < -0.39 is 11.8 Å². The third-order valence-corrected chi connectivity index (χ3v) is 5.94. The van der Waals surface area contributed by atoms with Crippen LogP contribution in [0.3, 0.4) is 0 Å². The van der Waals surface area contributed by atoms with Crippen molar-refractivity contribution in [3.63, 3.8) is 0 Å². The summed E-state index contributed by atoms with van der Waals surface area (Å²) in [4.78, 5) is 42.6. The number of hydrogen-bond acceptors (Lipinski definition) is 5. The SMILES string of the molecule is Cc1cccc(CC(=O)Cc2ccc(Oc3ccnc(-c4cc(C(=O)NCCCC(=O)O)c[nH]4)c3)cc2F)c1. The number of aromatic amines is 1. The van der Waals surface area contributed by atoms with E-state index in [1.54, 1.807) is 30.3 Å². The van der Waals surface area contributed by atoms with E-state index in [0.29, 0.717) is 34.7 Å². The van der Waals surface area contributed by atoms with Crippen LogP contribution in [0.25, 0.3) is 11.4 Å². The summed E-state index contributed by atoms with van der Waals surface area (Å²) < 4.78 is 20.6. The second kappa shape index (κ2) is 12.6. The first kappa shape index (κ1) is 27.3. The topological polar surface area (TPSA) is 121 Å². The van der Waals surface area contributed by atoms with Crippen LogP contribution in [0.2, 0.25) is 0 Å². The van der Waals surface area contributed by atoms with Crippen molar-refractivity contribution in [3.8, 4) is 22.9 Å². The lowest BCUT2D eigenvalue weighted by molar-refractivity contribution is -0.137. The molecule has 0 aliphatic rings. The van der Waals surface area contributed by atoms with Gasteiger partial charge in [-0.25, -0.2) is 4.39 Å². The van der Waals surface area contributed by atoms with Crippen LogP contribution in [-0.4, -0.2) is 39.3 Å². The maximum atomic E-state index is 14.8. The zero-order valence-corrected chi connectivity index (χ0v) is 21.4. The fraction of sp³-hybridized carbons (Fsp3) is 0.200. The second-order valence-electron chi connectivity index (χ2n) is 9.17. The first-order valence-corrected chi connectivity index (χ1v) is 12.4. The number of rotatable bonds is 12. The Hall–Kier alpha value is -4.79. The lowest BCUT2D eigenvalue weighted by atomic mass is 10.0. The quantitative estimate of drug-likeness (QED) is 0.215. The lowest BCUT2D eigenvalue weighted by Gasteiger charge is -2.09. The summed E-state index contributed by atoms with van der Waals surface area (Å²) in [6.45, 7) is 2.21. The number of carbonyl (C=O) groups excluding carboxylic acids is 2. The number of amides is 1. The Bertz CT molecular complexity index is 1500. The Kier molecular flexibility index (Phi) is 8.83. The molecule has 39 heavy (non-hydrogen) atoms. The first-order chi connectivity index (χ1) is 18.8. The predicted molar refractivity (Wildman–Crippen MR) is 143 cm³/mol. The van der Waals surface area contributed by atoms with Gasteiger partial charge in [-0.2, -0.15) is 0 Å². The van der Waals surface area contributed by atoms with E-state index in [4.69, 9.17) is 9.84 Å². The van der Waals surface area contributed by atoms with E-state index in [1.807, 2.05) is 31.2 Å². The van der Waals surface area contributed by atoms with Gasteiger partial charge in [-0.3, -0.25) is 19.4 Å². The number of ketones is 1. The summed E-state index contributed by atoms with van der Waals surface area (Å²) in [5.41, 5.74) is 3.73. The minimum atomic E-state index is -0.913. The van der Waals surface area contributed by atoms with Crippen LogP contribution in [0, 0.1) is 12.7 Å². The Morgan fingerprint density at radius 1 is 1.03 bits per heavy atom. The van der Waals surface area contributed by atoms with E-state index in [-0.39, 0.29) is 43.2 Å². The maximum absolute atomic E-state index is 14.8. The minimum absolute atomic E-state index is 0.0121. The van der Waals surface area contributed by atoms with Crippen molar-refractivity contribution in [1.82, 2.24) is 15.3 Å². The summed E-state index contributed by atoms with van der Waals surface area (Å²) >= 11 is 0. The average molecular weight is 530 g/mol. The third kappa shape index (κ3) is 7.85. The standard InChI is InChI=1S/C30H28FN3O5/c1-19-4-2-5-20(12-19)13-23(35)14-21-7-8-24(16-26(21)31)39-25-9-11-32-28(17-25)27-15-22(18-34-27)30(38)33-10-3-6-29(36)37/h2,4-5,7-9,11-12,15-18,34H,3,6,10,13-14H2,1H3,(H,33,38)(H,36,37). The number of H-pyrrole nitrogens is 1. The van der Waals surface area contributed by atoms with Crippen LogP contribution in [0.4, 0.5) is 4.39 Å². The molecule has 0 atom stereocenters.